The molecule has 0 aromatic heterocycles. The van der Waals surface area contributed by atoms with Crippen LogP contribution in [0.4, 0.5) is 11.4 Å². The van der Waals surface area contributed by atoms with E-state index in [-0.39, 0.29) is 24.7 Å². The van der Waals surface area contributed by atoms with E-state index in [2.05, 4.69) is 58.5 Å². The summed E-state index contributed by atoms with van der Waals surface area (Å²) >= 11 is 0. The van der Waals surface area contributed by atoms with Gasteiger partial charge in [0.15, 0.2) is 0 Å². The molecular formula is C27H38N6O2. The number of amides is 2. The van der Waals surface area contributed by atoms with E-state index in [1.807, 2.05) is 48.5 Å². The van der Waals surface area contributed by atoms with Crippen LogP contribution in [-0.2, 0) is 9.59 Å². The first-order valence-electron chi connectivity index (χ1n) is 12.3. The van der Waals surface area contributed by atoms with Crippen LogP contribution in [0.5, 0.6) is 0 Å². The molecule has 0 aliphatic carbocycles. The van der Waals surface area contributed by atoms with Gasteiger partial charge in [0.1, 0.15) is 0 Å². The highest BCUT2D eigenvalue weighted by Gasteiger charge is 2.05. The third-order valence-electron chi connectivity index (χ3n) is 5.66. The highest BCUT2D eigenvalue weighted by molar-refractivity contribution is 5.84. The highest BCUT2D eigenvalue weighted by atomic mass is 16.2. The van der Waals surface area contributed by atoms with Gasteiger partial charge < -0.3 is 9.80 Å². The lowest BCUT2D eigenvalue weighted by Gasteiger charge is -2.20. The van der Waals surface area contributed by atoms with Gasteiger partial charge in [-0.3, -0.25) is 9.59 Å². The SMILES string of the molecule is CCN(CC)c1ccc(C=NNC(=O)CCCC(=O)N/N=C/c2ccc(N(CC)CC)cc2)cc1. The minimum Gasteiger partial charge on any atom is -0.372 e. The first-order chi connectivity index (χ1) is 17.0. The maximum Gasteiger partial charge on any atom is 0.240 e. The molecule has 8 heteroatoms. The van der Waals surface area contributed by atoms with Crippen LogP contribution >= 0.6 is 0 Å². The fourth-order valence-corrected chi connectivity index (χ4v) is 3.60. The number of rotatable bonds is 14. The van der Waals surface area contributed by atoms with Crippen molar-refractivity contribution in [3.63, 3.8) is 0 Å². The van der Waals surface area contributed by atoms with E-state index in [0.717, 1.165) is 48.7 Å². The van der Waals surface area contributed by atoms with E-state index in [0.29, 0.717) is 6.42 Å². The zero-order chi connectivity index (χ0) is 25.5. The molecule has 0 aliphatic heterocycles. The van der Waals surface area contributed by atoms with Crippen LogP contribution in [-0.4, -0.2) is 50.4 Å². The van der Waals surface area contributed by atoms with Crippen LogP contribution in [0.1, 0.15) is 58.1 Å². The fraction of sp³-hybridized carbons (Fsp3) is 0.407. The molecule has 0 unspecified atom stereocenters. The standard InChI is InChI=1S/C27H38N6O2/c1-5-32(6-2)24-16-12-22(13-17-24)20-28-30-26(34)10-9-11-27(35)31-29-21-23-14-18-25(19-15-23)33(7-3)8-4/h12-21H,5-11H2,1-4H3,(H,30,34)(H,31,35)/b28-20+,29-21?. The number of nitrogens with one attached hydrogen (secondary N) is 2. The second-order valence-electron chi connectivity index (χ2n) is 7.97. The molecule has 8 nitrogen and oxygen atoms in total. The molecule has 2 N–H and O–H groups in total. The van der Waals surface area contributed by atoms with E-state index in [1.54, 1.807) is 12.4 Å². The maximum atomic E-state index is 12.0. The highest BCUT2D eigenvalue weighted by Crippen LogP contribution is 2.15. The van der Waals surface area contributed by atoms with Crippen molar-refractivity contribution in [2.75, 3.05) is 36.0 Å². The van der Waals surface area contributed by atoms with E-state index >= 15 is 0 Å². The Morgan fingerprint density at radius 2 is 1.00 bits per heavy atom. The molecule has 0 saturated heterocycles. The Hall–Kier alpha value is -3.68. The van der Waals surface area contributed by atoms with Crippen molar-refractivity contribution >= 4 is 35.6 Å². The predicted octanol–water partition coefficient (Wildman–Crippen LogP) is 4.15. The van der Waals surface area contributed by atoms with Gasteiger partial charge in [-0.1, -0.05) is 24.3 Å². The van der Waals surface area contributed by atoms with Crippen LogP contribution < -0.4 is 20.7 Å². The Bertz CT molecular complexity index is 883. The number of hydrogen-bond acceptors (Lipinski definition) is 6. The van der Waals surface area contributed by atoms with Crippen molar-refractivity contribution in [1.29, 1.82) is 0 Å². The first-order valence-corrected chi connectivity index (χ1v) is 12.3. The molecular weight excluding hydrogens is 440 g/mol. The van der Waals surface area contributed by atoms with E-state index in [1.165, 1.54) is 0 Å². The van der Waals surface area contributed by atoms with Crippen LogP contribution in [0.3, 0.4) is 0 Å². The normalized spacial score (nSPS) is 11.1. The van der Waals surface area contributed by atoms with Gasteiger partial charge in [0.2, 0.25) is 11.8 Å². The van der Waals surface area contributed by atoms with Crippen molar-refractivity contribution < 1.29 is 9.59 Å². The van der Waals surface area contributed by atoms with Gasteiger partial charge in [-0.15, -0.1) is 0 Å². The molecule has 0 spiro atoms. The number of carbonyl (C=O) groups excluding carboxylic acids is 2. The third kappa shape index (κ3) is 9.60. The second-order valence-corrected chi connectivity index (χ2v) is 7.97. The molecule has 0 aliphatic rings. The summed E-state index contributed by atoms with van der Waals surface area (Å²) in [7, 11) is 0. The van der Waals surface area contributed by atoms with Crippen molar-refractivity contribution in [2.45, 2.75) is 47.0 Å². The first kappa shape index (κ1) is 27.6. The molecule has 0 fully saturated rings. The number of anilines is 2. The van der Waals surface area contributed by atoms with Crippen LogP contribution in [0.2, 0.25) is 0 Å². The van der Waals surface area contributed by atoms with Crippen molar-refractivity contribution in [1.82, 2.24) is 10.9 Å². The van der Waals surface area contributed by atoms with E-state index in [9.17, 15) is 9.59 Å². The fourth-order valence-electron chi connectivity index (χ4n) is 3.60. The lowest BCUT2D eigenvalue weighted by atomic mass is 10.2. The van der Waals surface area contributed by atoms with E-state index < -0.39 is 0 Å². The zero-order valence-electron chi connectivity index (χ0n) is 21.3. The van der Waals surface area contributed by atoms with Crippen LogP contribution in [0.25, 0.3) is 0 Å². The Kier molecular flexibility index (Phi) is 12.0. The molecule has 0 atom stereocenters. The molecule has 2 aromatic carbocycles. The number of benzene rings is 2. The molecule has 188 valence electrons. The summed E-state index contributed by atoms with van der Waals surface area (Å²) in [6.07, 6.45) is 4.06. The van der Waals surface area contributed by atoms with Gasteiger partial charge in [-0.2, -0.15) is 10.2 Å². The molecule has 0 saturated carbocycles. The van der Waals surface area contributed by atoms with Gasteiger partial charge in [0.25, 0.3) is 0 Å². The number of hydrazone groups is 2. The summed E-state index contributed by atoms with van der Waals surface area (Å²) in [5.41, 5.74) is 9.14. The van der Waals surface area contributed by atoms with Crippen molar-refractivity contribution in [3.8, 4) is 0 Å². The average Bonchev–Trinajstić information content (AvgIpc) is 2.87. The Balaban J connectivity index is 1.66. The monoisotopic (exact) mass is 478 g/mol. The summed E-state index contributed by atoms with van der Waals surface area (Å²) in [6.45, 7) is 12.3. The minimum atomic E-state index is -0.231. The van der Waals surface area contributed by atoms with Gasteiger partial charge in [0, 0.05) is 50.4 Å². The Morgan fingerprint density at radius 3 is 1.31 bits per heavy atom. The zero-order valence-corrected chi connectivity index (χ0v) is 21.3. The minimum absolute atomic E-state index is 0.211. The van der Waals surface area contributed by atoms with Gasteiger partial charge in [-0.25, -0.2) is 10.9 Å². The third-order valence-corrected chi connectivity index (χ3v) is 5.66. The maximum absolute atomic E-state index is 12.0. The van der Waals surface area contributed by atoms with Gasteiger partial charge in [-0.05, 0) is 69.5 Å². The number of nitrogens with zero attached hydrogens (tertiary/aromatic N) is 4. The van der Waals surface area contributed by atoms with Crippen LogP contribution in [0, 0.1) is 0 Å². The van der Waals surface area contributed by atoms with E-state index in [4.69, 9.17) is 0 Å². The summed E-state index contributed by atoms with van der Waals surface area (Å²) in [5.74, 6) is -0.462. The number of hydrogen-bond donors (Lipinski definition) is 2. The quantitative estimate of drug-likeness (QED) is 0.315. The molecule has 2 amide bonds. The van der Waals surface area contributed by atoms with Crippen molar-refractivity contribution in [2.24, 2.45) is 10.2 Å². The molecule has 0 bridgehead atoms. The van der Waals surface area contributed by atoms with Gasteiger partial charge >= 0.3 is 0 Å². The Labute approximate surface area is 209 Å². The molecule has 35 heavy (non-hydrogen) atoms. The van der Waals surface area contributed by atoms with Crippen LogP contribution in [0.15, 0.2) is 58.7 Å². The molecule has 0 heterocycles. The van der Waals surface area contributed by atoms with Crippen molar-refractivity contribution in [3.05, 3.63) is 59.7 Å². The second kappa shape index (κ2) is 15.3. The molecule has 0 radical (unpaired) electrons. The largest absolute Gasteiger partial charge is 0.372 e. The topological polar surface area (TPSA) is 89.4 Å². The average molecular weight is 479 g/mol. The summed E-state index contributed by atoms with van der Waals surface area (Å²) < 4.78 is 0. The lowest BCUT2D eigenvalue weighted by molar-refractivity contribution is -0.122. The Morgan fingerprint density at radius 1 is 0.657 bits per heavy atom. The van der Waals surface area contributed by atoms with Gasteiger partial charge in [0.05, 0.1) is 12.4 Å². The molecule has 2 aromatic rings. The molecule has 2 rings (SSSR count). The smallest absolute Gasteiger partial charge is 0.240 e. The summed E-state index contributed by atoms with van der Waals surface area (Å²) in [5, 5.41) is 8.00. The summed E-state index contributed by atoms with van der Waals surface area (Å²) in [6, 6.07) is 16.0. The number of carbonyl (C=O) groups is 2. The predicted molar refractivity (Wildman–Crippen MR) is 145 cm³/mol. The lowest BCUT2D eigenvalue weighted by Crippen LogP contribution is -2.21. The summed E-state index contributed by atoms with van der Waals surface area (Å²) in [4.78, 5) is 28.4.